The summed E-state index contributed by atoms with van der Waals surface area (Å²) in [5, 5.41) is 5.81. The van der Waals surface area contributed by atoms with Crippen molar-refractivity contribution in [1.29, 1.82) is 0 Å². The molecule has 0 bridgehead atoms. The number of carbonyl (C=O) groups excluding carboxylic acids is 2. The molecule has 1 N–H and O–H groups in total. The Hall–Kier alpha value is -2.41. The molecule has 1 atom stereocenters. The molecule has 132 valence electrons. The molecular formula is C18H21N3O3S. The lowest BCUT2D eigenvalue weighted by molar-refractivity contribution is -0.126. The van der Waals surface area contributed by atoms with Gasteiger partial charge in [-0.05, 0) is 12.8 Å². The minimum atomic E-state index is -0.370. The second-order valence-electron chi connectivity index (χ2n) is 5.97. The summed E-state index contributed by atoms with van der Waals surface area (Å²) >= 11 is 1.53. The molecule has 1 aromatic heterocycles. The average molecular weight is 359 g/mol. The fourth-order valence-corrected chi connectivity index (χ4v) is 3.67. The van der Waals surface area contributed by atoms with E-state index >= 15 is 0 Å². The van der Waals surface area contributed by atoms with E-state index in [-0.39, 0.29) is 17.9 Å². The van der Waals surface area contributed by atoms with Gasteiger partial charge >= 0.3 is 6.09 Å². The van der Waals surface area contributed by atoms with Gasteiger partial charge in [-0.15, -0.1) is 11.3 Å². The van der Waals surface area contributed by atoms with Crippen molar-refractivity contribution in [2.75, 3.05) is 20.2 Å². The molecule has 1 aliphatic heterocycles. The predicted octanol–water partition coefficient (Wildman–Crippen LogP) is 2.90. The summed E-state index contributed by atoms with van der Waals surface area (Å²) in [6.45, 7) is 1.46. The number of hydrogen-bond acceptors (Lipinski definition) is 5. The van der Waals surface area contributed by atoms with Crippen molar-refractivity contribution in [2.45, 2.75) is 19.4 Å². The average Bonchev–Trinajstić information content (AvgIpc) is 3.15. The second-order valence-corrected chi connectivity index (χ2v) is 6.91. The summed E-state index contributed by atoms with van der Waals surface area (Å²) in [5.74, 6) is -0.230. The normalized spacial score (nSPS) is 17.2. The van der Waals surface area contributed by atoms with Crippen molar-refractivity contribution in [1.82, 2.24) is 15.2 Å². The SMILES string of the molecule is COC(=O)N1CCC[C@H](C(=O)NCc2nc(-c3ccccc3)cs2)C1. The molecule has 1 saturated heterocycles. The van der Waals surface area contributed by atoms with Gasteiger partial charge in [0.15, 0.2) is 0 Å². The molecule has 1 fully saturated rings. The van der Waals surface area contributed by atoms with E-state index in [1.807, 2.05) is 35.7 Å². The maximum absolute atomic E-state index is 12.4. The van der Waals surface area contributed by atoms with Gasteiger partial charge in [-0.2, -0.15) is 0 Å². The molecule has 0 aliphatic carbocycles. The molecule has 1 aliphatic rings. The summed E-state index contributed by atoms with van der Waals surface area (Å²) < 4.78 is 4.74. The highest BCUT2D eigenvalue weighted by atomic mass is 32.1. The first-order valence-corrected chi connectivity index (χ1v) is 9.16. The van der Waals surface area contributed by atoms with Gasteiger partial charge in [0.25, 0.3) is 0 Å². The Morgan fingerprint density at radius 2 is 2.16 bits per heavy atom. The first-order chi connectivity index (χ1) is 12.2. The Morgan fingerprint density at radius 1 is 1.36 bits per heavy atom. The minimum absolute atomic E-state index is 0.0370. The van der Waals surface area contributed by atoms with Crippen LogP contribution < -0.4 is 5.32 Å². The van der Waals surface area contributed by atoms with Gasteiger partial charge in [-0.25, -0.2) is 9.78 Å². The lowest BCUT2D eigenvalue weighted by atomic mass is 9.97. The van der Waals surface area contributed by atoms with Gasteiger partial charge in [-0.3, -0.25) is 4.79 Å². The first-order valence-electron chi connectivity index (χ1n) is 8.28. The van der Waals surface area contributed by atoms with Crippen molar-refractivity contribution < 1.29 is 14.3 Å². The van der Waals surface area contributed by atoms with Crippen LogP contribution in [0.25, 0.3) is 11.3 Å². The van der Waals surface area contributed by atoms with E-state index in [1.165, 1.54) is 18.4 Å². The monoisotopic (exact) mass is 359 g/mol. The molecular weight excluding hydrogens is 338 g/mol. The number of benzene rings is 1. The summed E-state index contributed by atoms with van der Waals surface area (Å²) in [6.07, 6.45) is 1.22. The second kappa shape index (κ2) is 8.11. The van der Waals surface area contributed by atoms with E-state index in [2.05, 4.69) is 10.3 Å². The molecule has 6 nitrogen and oxygen atoms in total. The van der Waals surface area contributed by atoms with Crippen molar-refractivity contribution >= 4 is 23.3 Å². The van der Waals surface area contributed by atoms with Crippen molar-refractivity contribution in [3.8, 4) is 11.3 Å². The number of likely N-dealkylation sites (tertiary alicyclic amines) is 1. The number of methoxy groups -OCH3 is 1. The van der Waals surface area contributed by atoms with Crippen LogP contribution in [0.5, 0.6) is 0 Å². The van der Waals surface area contributed by atoms with Crippen LogP contribution in [0.15, 0.2) is 35.7 Å². The van der Waals surface area contributed by atoms with E-state index in [0.29, 0.717) is 19.6 Å². The van der Waals surface area contributed by atoms with Crippen LogP contribution in [0.3, 0.4) is 0 Å². The Labute approximate surface area is 150 Å². The van der Waals surface area contributed by atoms with E-state index in [0.717, 1.165) is 29.1 Å². The summed E-state index contributed by atoms with van der Waals surface area (Å²) in [4.78, 5) is 30.2. The fourth-order valence-electron chi connectivity index (χ4n) is 2.93. The summed E-state index contributed by atoms with van der Waals surface area (Å²) in [7, 11) is 1.36. The van der Waals surface area contributed by atoms with E-state index in [9.17, 15) is 9.59 Å². The molecule has 0 saturated carbocycles. The smallest absolute Gasteiger partial charge is 0.409 e. The van der Waals surface area contributed by atoms with E-state index < -0.39 is 0 Å². The highest BCUT2D eigenvalue weighted by Crippen LogP contribution is 2.22. The number of aromatic nitrogens is 1. The van der Waals surface area contributed by atoms with Gasteiger partial charge in [-0.1, -0.05) is 30.3 Å². The number of hydrogen-bond donors (Lipinski definition) is 1. The molecule has 0 radical (unpaired) electrons. The molecule has 0 spiro atoms. The lowest BCUT2D eigenvalue weighted by Crippen LogP contribution is -2.45. The summed E-state index contributed by atoms with van der Waals surface area (Å²) in [6, 6.07) is 9.96. The molecule has 25 heavy (non-hydrogen) atoms. The number of rotatable bonds is 4. The maximum Gasteiger partial charge on any atom is 0.409 e. The van der Waals surface area contributed by atoms with Crippen LogP contribution >= 0.6 is 11.3 Å². The number of piperidine rings is 1. The number of amides is 2. The topological polar surface area (TPSA) is 71.5 Å². The third kappa shape index (κ3) is 4.36. The number of nitrogens with zero attached hydrogens (tertiary/aromatic N) is 2. The lowest BCUT2D eigenvalue weighted by Gasteiger charge is -2.30. The van der Waals surface area contributed by atoms with Gasteiger partial charge in [0.1, 0.15) is 5.01 Å². The molecule has 0 unspecified atom stereocenters. The highest BCUT2D eigenvalue weighted by molar-refractivity contribution is 7.09. The summed E-state index contributed by atoms with van der Waals surface area (Å²) in [5.41, 5.74) is 1.99. The van der Waals surface area contributed by atoms with Crippen LogP contribution in [0.1, 0.15) is 17.8 Å². The standard InChI is InChI=1S/C18H21N3O3S/c1-24-18(23)21-9-5-8-14(11-21)17(22)19-10-16-20-15(12-25-16)13-6-3-2-4-7-13/h2-4,6-7,12,14H,5,8-11H2,1H3,(H,19,22)/t14-/m0/s1. The van der Waals surface area contributed by atoms with Crippen LogP contribution in [-0.4, -0.2) is 42.1 Å². The highest BCUT2D eigenvalue weighted by Gasteiger charge is 2.28. The number of carbonyl (C=O) groups is 2. The van der Waals surface area contributed by atoms with E-state index in [4.69, 9.17) is 4.74 Å². The largest absolute Gasteiger partial charge is 0.453 e. The van der Waals surface area contributed by atoms with Crippen molar-refractivity contribution in [3.63, 3.8) is 0 Å². The van der Waals surface area contributed by atoms with Crippen LogP contribution in [0.2, 0.25) is 0 Å². The van der Waals surface area contributed by atoms with Crippen LogP contribution in [0.4, 0.5) is 4.79 Å². The van der Waals surface area contributed by atoms with Crippen molar-refractivity contribution in [3.05, 3.63) is 40.7 Å². The zero-order chi connectivity index (χ0) is 17.6. The molecule has 3 rings (SSSR count). The maximum atomic E-state index is 12.4. The minimum Gasteiger partial charge on any atom is -0.453 e. The number of nitrogens with one attached hydrogen (secondary N) is 1. The Bertz CT molecular complexity index is 732. The number of thiazole rings is 1. The van der Waals surface area contributed by atoms with E-state index in [1.54, 1.807) is 4.90 Å². The Kier molecular flexibility index (Phi) is 5.65. The Balaban J connectivity index is 1.54. The molecule has 2 amide bonds. The fraction of sp³-hybridized carbons (Fsp3) is 0.389. The number of ether oxygens (including phenoxy) is 1. The third-order valence-electron chi connectivity index (χ3n) is 4.26. The zero-order valence-electron chi connectivity index (χ0n) is 14.1. The Morgan fingerprint density at radius 3 is 2.92 bits per heavy atom. The quantitative estimate of drug-likeness (QED) is 0.911. The zero-order valence-corrected chi connectivity index (χ0v) is 14.9. The van der Waals surface area contributed by atoms with Gasteiger partial charge in [0, 0.05) is 24.0 Å². The van der Waals surface area contributed by atoms with Crippen LogP contribution in [0, 0.1) is 5.92 Å². The molecule has 2 heterocycles. The molecule has 7 heteroatoms. The third-order valence-corrected chi connectivity index (χ3v) is 5.11. The first kappa shape index (κ1) is 17.4. The van der Waals surface area contributed by atoms with Gasteiger partial charge < -0.3 is 15.0 Å². The molecule has 1 aromatic carbocycles. The van der Waals surface area contributed by atoms with Crippen LogP contribution in [-0.2, 0) is 16.1 Å². The van der Waals surface area contributed by atoms with Gasteiger partial charge in [0.2, 0.25) is 5.91 Å². The predicted molar refractivity (Wildman–Crippen MR) is 96.1 cm³/mol. The van der Waals surface area contributed by atoms with Crippen molar-refractivity contribution in [2.24, 2.45) is 5.92 Å². The van der Waals surface area contributed by atoms with Gasteiger partial charge in [0.05, 0.1) is 25.3 Å². The molecule has 2 aromatic rings.